The van der Waals surface area contributed by atoms with Crippen LogP contribution in [0.3, 0.4) is 0 Å². The van der Waals surface area contributed by atoms with Crippen LogP contribution in [0.1, 0.15) is 35.6 Å². The number of benzene rings is 1. The van der Waals surface area contributed by atoms with Crippen LogP contribution in [0.4, 0.5) is 16.4 Å². The summed E-state index contributed by atoms with van der Waals surface area (Å²) in [6.07, 6.45) is 8.79. The van der Waals surface area contributed by atoms with Crippen LogP contribution in [0.25, 0.3) is 11.3 Å². The zero-order valence-corrected chi connectivity index (χ0v) is 20.2. The summed E-state index contributed by atoms with van der Waals surface area (Å²) in [5, 5.41) is 17.5. The van der Waals surface area contributed by atoms with E-state index in [9.17, 15) is 4.79 Å². The van der Waals surface area contributed by atoms with Gasteiger partial charge in [-0.05, 0) is 59.0 Å². The van der Waals surface area contributed by atoms with Crippen LogP contribution in [0.15, 0.2) is 61.4 Å². The molecule has 0 bridgehead atoms. The monoisotopic (exact) mass is 516 g/mol. The van der Waals surface area contributed by atoms with E-state index in [0.717, 1.165) is 11.3 Å². The van der Waals surface area contributed by atoms with Crippen LogP contribution in [0, 0.1) is 0 Å². The predicted octanol–water partition coefficient (Wildman–Crippen LogP) is 3.99. The fourth-order valence-electron chi connectivity index (χ4n) is 3.96. The van der Waals surface area contributed by atoms with E-state index in [1.807, 2.05) is 12.3 Å². The lowest BCUT2D eigenvalue weighted by Crippen LogP contribution is -2.15. The summed E-state index contributed by atoms with van der Waals surface area (Å²) in [6, 6.07) is 10.9. The minimum absolute atomic E-state index is 0.0475. The van der Waals surface area contributed by atoms with Crippen molar-refractivity contribution in [3.63, 3.8) is 0 Å². The van der Waals surface area contributed by atoms with Crippen LogP contribution < -0.4 is 10.6 Å². The molecule has 1 fully saturated rings. The van der Waals surface area contributed by atoms with Gasteiger partial charge in [0.05, 0.1) is 17.9 Å². The molecule has 6 rings (SSSR count). The highest BCUT2D eigenvalue weighted by Crippen LogP contribution is 2.39. The Morgan fingerprint density at radius 2 is 2.00 bits per heavy atom. The highest BCUT2D eigenvalue weighted by molar-refractivity contribution is 6.30. The van der Waals surface area contributed by atoms with Crippen molar-refractivity contribution in [2.24, 2.45) is 0 Å². The first kappa shape index (κ1) is 22.9. The number of pyridine rings is 1. The number of carbonyl (C=O) groups excluding carboxylic acids is 1. The summed E-state index contributed by atoms with van der Waals surface area (Å²) in [4.78, 5) is 25.4. The van der Waals surface area contributed by atoms with Crippen molar-refractivity contribution < 1.29 is 9.53 Å². The predicted molar refractivity (Wildman–Crippen MR) is 134 cm³/mol. The van der Waals surface area contributed by atoms with Crippen LogP contribution in [0.5, 0.6) is 0 Å². The lowest BCUT2D eigenvalue weighted by Gasteiger charge is -2.11. The zero-order chi connectivity index (χ0) is 25.2. The number of nitrogens with zero attached hydrogens (tertiary/aromatic N) is 8. The van der Waals surface area contributed by atoms with Gasteiger partial charge in [-0.25, -0.2) is 24.4 Å². The second-order valence-electron chi connectivity index (χ2n) is 8.61. The van der Waals surface area contributed by atoms with Crippen molar-refractivity contribution in [2.75, 3.05) is 10.6 Å². The molecule has 1 aliphatic rings. The van der Waals surface area contributed by atoms with Crippen molar-refractivity contribution in [2.45, 2.75) is 31.9 Å². The Bertz CT molecular complexity index is 1570. The average molecular weight is 517 g/mol. The summed E-state index contributed by atoms with van der Waals surface area (Å²) in [5.74, 6) is 1.51. The van der Waals surface area contributed by atoms with Gasteiger partial charge in [-0.15, -0.1) is 5.10 Å². The Morgan fingerprint density at radius 1 is 1.11 bits per heavy atom. The second kappa shape index (κ2) is 9.82. The Hall–Kier alpha value is -4.58. The van der Waals surface area contributed by atoms with E-state index >= 15 is 0 Å². The average Bonchev–Trinajstić information content (AvgIpc) is 3.44. The number of fused-ring (bicyclic) bond motifs is 1. The molecule has 4 heterocycles. The molecule has 37 heavy (non-hydrogen) atoms. The lowest BCUT2D eigenvalue weighted by molar-refractivity contribution is 0.155. The minimum Gasteiger partial charge on any atom is -0.444 e. The van der Waals surface area contributed by atoms with E-state index in [1.165, 1.54) is 35.7 Å². The third-order valence-corrected chi connectivity index (χ3v) is 6.15. The number of halogens is 1. The molecule has 12 nitrogen and oxygen atoms in total. The summed E-state index contributed by atoms with van der Waals surface area (Å²) in [5.41, 5.74) is 4.41. The van der Waals surface area contributed by atoms with E-state index in [0.29, 0.717) is 40.4 Å². The van der Waals surface area contributed by atoms with Gasteiger partial charge in [-0.1, -0.05) is 17.7 Å². The van der Waals surface area contributed by atoms with Crippen LogP contribution in [-0.4, -0.2) is 45.7 Å². The first-order valence-electron chi connectivity index (χ1n) is 11.6. The van der Waals surface area contributed by atoms with Crippen molar-refractivity contribution in [3.05, 3.63) is 83.3 Å². The van der Waals surface area contributed by atoms with Crippen molar-refractivity contribution in [3.8, 4) is 5.69 Å². The molecule has 0 saturated heterocycles. The van der Waals surface area contributed by atoms with Crippen LogP contribution in [-0.2, 0) is 17.9 Å². The number of hydrogen-bond acceptors (Lipinski definition) is 9. The van der Waals surface area contributed by atoms with Gasteiger partial charge in [0.15, 0.2) is 0 Å². The maximum Gasteiger partial charge on any atom is 0.413 e. The molecular formula is C24H21ClN10O2. The quantitative estimate of drug-likeness (QED) is 0.313. The number of carbonyl (C=O) groups is 1. The molecule has 0 aliphatic heterocycles. The summed E-state index contributed by atoms with van der Waals surface area (Å²) in [6.45, 7) is 0.421. The topological polar surface area (TPSA) is 137 Å². The largest absolute Gasteiger partial charge is 0.444 e. The fraction of sp³-hybridized carbons (Fsp3) is 0.208. The van der Waals surface area contributed by atoms with E-state index < -0.39 is 6.09 Å². The Labute approximate surface area is 215 Å². The first-order valence-corrected chi connectivity index (χ1v) is 12.0. The number of imidazole rings is 1. The van der Waals surface area contributed by atoms with Crippen LogP contribution in [0.2, 0.25) is 5.02 Å². The van der Waals surface area contributed by atoms with E-state index in [1.54, 1.807) is 24.3 Å². The molecule has 0 radical (unpaired) electrons. The van der Waals surface area contributed by atoms with Gasteiger partial charge in [0, 0.05) is 29.0 Å². The molecule has 13 heteroatoms. The maximum atomic E-state index is 12.4. The number of rotatable bonds is 8. The van der Waals surface area contributed by atoms with Gasteiger partial charge in [-0.3, -0.25) is 5.32 Å². The molecule has 2 N–H and O–H groups in total. The van der Waals surface area contributed by atoms with Crippen molar-refractivity contribution in [1.29, 1.82) is 0 Å². The highest BCUT2D eigenvalue weighted by atomic mass is 35.5. The number of amides is 1. The smallest absolute Gasteiger partial charge is 0.413 e. The molecule has 5 aromatic rings. The Kier molecular flexibility index (Phi) is 6.06. The molecule has 1 aromatic carbocycles. The highest BCUT2D eigenvalue weighted by Gasteiger charge is 2.23. The lowest BCUT2D eigenvalue weighted by atomic mass is 10.2. The number of nitrogens with one attached hydrogen (secondary N) is 2. The minimum atomic E-state index is -0.681. The maximum absolute atomic E-state index is 12.4. The molecular weight excluding hydrogens is 496 g/mol. The number of tetrazole rings is 1. The second-order valence-corrected chi connectivity index (χ2v) is 9.04. The molecule has 1 aliphatic carbocycles. The van der Waals surface area contributed by atoms with Crippen LogP contribution >= 0.6 is 11.6 Å². The number of ether oxygens (including phenoxy) is 1. The van der Waals surface area contributed by atoms with Gasteiger partial charge in [-0.2, -0.15) is 0 Å². The zero-order valence-electron chi connectivity index (χ0n) is 19.5. The Morgan fingerprint density at radius 3 is 2.84 bits per heavy atom. The van der Waals surface area contributed by atoms with Gasteiger partial charge in [0.1, 0.15) is 36.5 Å². The summed E-state index contributed by atoms with van der Waals surface area (Å²) >= 11 is 6.11. The molecule has 4 aromatic heterocycles. The molecule has 0 unspecified atom stereocenters. The normalized spacial score (nSPS) is 13.0. The van der Waals surface area contributed by atoms with Crippen molar-refractivity contribution >= 4 is 35.0 Å². The Balaban J connectivity index is 1.06. The summed E-state index contributed by atoms with van der Waals surface area (Å²) in [7, 11) is 0. The van der Waals surface area contributed by atoms with E-state index in [-0.39, 0.29) is 6.61 Å². The first-order chi connectivity index (χ1) is 18.1. The van der Waals surface area contributed by atoms with Gasteiger partial charge in [0.25, 0.3) is 0 Å². The van der Waals surface area contributed by atoms with Gasteiger partial charge in [0.2, 0.25) is 0 Å². The standard InChI is InChI=1S/C24H21ClN10O2/c25-18-4-5-20(35-14-29-32-33-35)17(7-18)12-37-24(36)31-22-8-21(27-13-28-22)26-9-19-11-34-10-16(15-1-2-15)3-6-23(34)30-19/h3-8,10-11,13-15H,1-2,9,12H2,(H2,26,27,28,31,36). The molecule has 186 valence electrons. The van der Waals surface area contributed by atoms with E-state index in [4.69, 9.17) is 16.3 Å². The number of anilines is 2. The van der Waals surface area contributed by atoms with Gasteiger partial charge < -0.3 is 14.5 Å². The van der Waals surface area contributed by atoms with E-state index in [2.05, 4.69) is 57.8 Å². The molecule has 1 saturated carbocycles. The number of aromatic nitrogens is 8. The molecule has 0 atom stereocenters. The molecule has 0 spiro atoms. The third kappa shape index (κ3) is 5.33. The summed E-state index contributed by atoms with van der Waals surface area (Å²) < 4.78 is 8.89. The molecule has 1 amide bonds. The van der Waals surface area contributed by atoms with Crippen molar-refractivity contribution in [1.82, 2.24) is 39.6 Å². The SMILES string of the molecule is O=C(Nc1cc(NCc2cn3cc(C4CC4)ccc3n2)ncn1)OCc1cc(Cl)ccc1-n1cnnn1. The van der Waals surface area contributed by atoms with Gasteiger partial charge >= 0.3 is 6.09 Å². The third-order valence-electron chi connectivity index (χ3n) is 5.92. The number of hydrogen-bond donors (Lipinski definition) is 2. The fourth-order valence-corrected chi connectivity index (χ4v) is 4.15.